The fraction of sp³-hybridized carbons (Fsp3) is 0.636. The lowest BCUT2D eigenvalue weighted by Gasteiger charge is -2.15. The van der Waals surface area contributed by atoms with E-state index in [-0.39, 0.29) is 17.7 Å². The molecule has 2 atom stereocenters. The second-order valence-corrected chi connectivity index (χ2v) is 4.51. The normalized spacial score (nSPS) is 22.8. The van der Waals surface area contributed by atoms with Crippen LogP contribution in [0.15, 0.2) is 10.6 Å². The summed E-state index contributed by atoms with van der Waals surface area (Å²) in [6.45, 7) is 4.04. The second-order valence-electron chi connectivity index (χ2n) is 4.51. The van der Waals surface area contributed by atoms with Crippen LogP contribution in [0.2, 0.25) is 0 Å². The largest absolute Gasteiger partial charge is 0.476 e. The first-order chi connectivity index (χ1) is 8.06. The number of aromatic nitrogens is 1. The first kappa shape index (κ1) is 12.1. The van der Waals surface area contributed by atoms with E-state index in [4.69, 9.17) is 9.63 Å². The van der Waals surface area contributed by atoms with Gasteiger partial charge < -0.3 is 14.7 Å². The fourth-order valence-electron chi connectivity index (χ4n) is 2.11. The molecule has 0 radical (unpaired) electrons. The molecule has 2 N–H and O–H groups in total. The van der Waals surface area contributed by atoms with E-state index in [1.165, 1.54) is 6.07 Å². The van der Waals surface area contributed by atoms with Gasteiger partial charge >= 0.3 is 5.97 Å². The van der Waals surface area contributed by atoms with Crippen molar-refractivity contribution in [1.29, 1.82) is 0 Å². The van der Waals surface area contributed by atoms with Crippen molar-refractivity contribution in [3.05, 3.63) is 17.5 Å². The van der Waals surface area contributed by atoms with Crippen molar-refractivity contribution in [1.82, 2.24) is 10.1 Å². The molecule has 1 aliphatic rings. The highest BCUT2D eigenvalue weighted by molar-refractivity contribution is 5.85. The number of carboxylic acids is 1. The third-order valence-corrected chi connectivity index (χ3v) is 3.15. The Labute approximate surface area is 98.8 Å². The number of aliphatic hydroxyl groups excluding tert-OH is 1. The average molecular weight is 240 g/mol. The van der Waals surface area contributed by atoms with Crippen LogP contribution in [-0.2, 0) is 6.54 Å². The molecule has 1 aliphatic heterocycles. The predicted molar refractivity (Wildman–Crippen MR) is 58.5 cm³/mol. The number of nitrogens with zero attached hydrogens (tertiary/aromatic N) is 2. The lowest BCUT2D eigenvalue weighted by molar-refractivity contribution is 0.0685. The molecule has 6 heteroatoms. The zero-order valence-electron chi connectivity index (χ0n) is 9.67. The Hall–Kier alpha value is -1.40. The maximum Gasteiger partial charge on any atom is 0.358 e. The number of aliphatic hydroxyl groups is 1. The Morgan fingerprint density at radius 1 is 1.76 bits per heavy atom. The maximum atomic E-state index is 10.6. The van der Waals surface area contributed by atoms with Crippen LogP contribution in [-0.4, -0.2) is 45.4 Å². The fourth-order valence-corrected chi connectivity index (χ4v) is 2.11. The lowest BCUT2D eigenvalue weighted by atomic mass is 10.0. The summed E-state index contributed by atoms with van der Waals surface area (Å²) < 4.78 is 4.95. The van der Waals surface area contributed by atoms with Crippen molar-refractivity contribution in [2.75, 3.05) is 13.1 Å². The van der Waals surface area contributed by atoms with Gasteiger partial charge in [-0.2, -0.15) is 0 Å². The van der Waals surface area contributed by atoms with Crippen molar-refractivity contribution >= 4 is 5.97 Å². The molecule has 2 unspecified atom stereocenters. The van der Waals surface area contributed by atoms with Crippen LogP contribution in [0.1, 0.15) is 29.6 Å². The van der Waals surface area contributed by atoms with Gasteiger partial charge in [0.25, 0.3) is 0 Å². The third kappa shape index (κ3) is 2.83. The molecule has 94 valence electrons. The van der Waals surface area contributed by atoms with Gasteiger partial charge in [0, 0.05) is 12.6 Å². The highest BCUT2D eigenvalue weighted by Gasteiger charge is 2.26. The van der Waals surface area contributed by atoms with Gasteiger partial charge in [-0.3, -0.25) is 4.90 Å². The summed E-state index contributed by atoms with van der Waals surface area (Å²) in [7, 11) is 0. The minimum absolute atomic E-state index is 0.0636. The maximum absolute atomic E-state index is 10.6. The van der Waals surface area contributed by atoms with E-state index in [1.807, 2.05) is 0 Å². The van der Waals surface area contributed by atoms with Crippen LogP contribution in [0.25, 0.3) is 0 Å². The Bertz CT molecular complexity index is 402. The summed E-state index contributed by atoms with van der Waals surface area (Å²) in [5.74, 6) is -0.242. The summed E-state index contributed by atoms with van der Waals surface area (Å²) in [6, 6.07) is 1.44. The van der Waals surface area contributed by atoms with E-state index in [9.17, 15) is 9.90 Å². The predicted octanol–water partition coefficient (Wildman–Crippen LogP) is 0.576. The molecule has 1 fully saturated rings. The first-order valence-electron chi connectivity index (χ1n) is 5.65. The molecule has 0 spiro atoms. The molecule has 17 heavy (non-hydrogen) atoms. The van der Waals surface area contributed by atoms with Gasteiger partial charge in [-0.1, -0.05) is 5.16 Å². The molecule has 0 amide bonds. The lowest BCUT2D eigenvalue weighted by Crippen LogP contribution is -2.23. The van der Waals surface area contributed by atoms with Crippen LogP contribution >= 0.6 is 0 Å². The van der Waals surface area contributed by atoms with Gasteiger partial charge in [-0.15, -0.1) is 0 Å². The number of carbonyl (C=O) groups is 1. The molecular weight excluding hydrogens is 224 g/mol. The van der Waals surface area contributed by atoms with Gasteiger partial charge in [-0.25, -0.2) is 4.79 Å². The highest BCUT2D eigenvalue weighted by atomic mass is 16.5. The zero-order chi connectivity index (χ0) is 12.4. The summed E-state index contributed by atoms with van der Waals surface area (Å²) in [6.07, 6.45) is 0.654. The summed E-state index contributed by atoms with van der Waals surface area (Å²) >= 11 is 0. The second kappa shape index (κ2) is 4.85. The van der Waals surface area contributed by atoms with Crippen LogP contribution in [0, 0.1) is 5.92 Å². The highest BCUT2D eigenvalue weighted by Crippen LogP contribution is 2.21. The topological polar surface area (TPSA) is 86.8 Å². The number of likely N-dealkylation sites (tertiary alicyclic amines) is 1. The van der Waals surface area contributed by atoms with Gasteiger partial charge in [0.05, 0.1) is 12.6 Å². The standard InChI is InChI=1S/C11H16N2O4/c1-7(14)8-2-3-13(5-8)6-9-4-10(11(15)16)12-17-9/h4,7-8,14H,2-3,5-6H2,1H3,(H,15,16). The molecule has 1 aromatic rings. The zero-order valence-corrected chi connectivity index (χ0v) is 9.67. The number of aromatic carboxylic acids is 1. The molecule has 0 bridgehead atoms. The summed E-state index contributed by atoms with van der Waals surface area (Å²) in [5.41, 5.74) is -0.0636. The smallest absolute Gasteiger partial charge is 0.358 e. The van der Waals surface area contributed by atoms with E-state index in [0.717, 1.165) is 19.5 Å². The Morgan fingerprint density at radius 2 is 2.53 bits per heavy atom. The molecule has 0 saturated carbocycles. The summed E-state index contributed by atoms with van der Waals surface area (Å²) in [5, 5.41) is 21.6. The van der Waals surface area contributed by atoms with Crippen molar-refractivity contribution in [3.8, 4) is 0 Å². The minimum atomic E-state index is -1.08. The minimum Gasteiger partial charge on any atom is -0.476 e. The van der Waals surface area contributed by atoms with E-state index in [2.05, 4.69) is 10.1 Å². The van der Waals surface area contributed by atoms with Gasteiger partial charge in [0.1, 0.15) is 0 Å². The van der Waals surface area contributed by atoms with Crippen molar-refractivity contribution in [2.24, 2.45) is 5.92 Å². The van der Waals surface area contributed by atoms with Crippen LogP contribution in [0.4, 0.5) is 0 Å². The SMILES string of the molecule is CC(O)C1CCN(Cc2cc(C(=O)O)no2)C1. The molecule has 1 saturated heterocycles. The Kier molecular flexibility index (Phi) is 3.44. The van der Waals surface area contributed by atoms with Crippen molar-refractivity contribution in [2.45, 2.75) is 26.0 Å². The van der Waals surface area contributed by atoms with Gasteiger partial charge in [0.2, 0.25) is 0 Å². The Morgan fingerprint density at radius 3 is 3.06 bits per heavy atom. The van der Waals surface area contributed by atoms with E-state index >= 15 is 0 Å². The van der Waals surface area contributed by atoms with Gasteiger partial charge in [0.15, 0.2) is 11.5 Å². The van der Waals surface area contributed by atoms with Crippen LogP contribution < -0.4 is 0 Å². The molecule has 0 aliphatic carbocycles. The number of carboxylic acid groups (broad SMARTS) is 1. The molecular formula is C11H16N2O4. The number of rotatable bonds is 4. The monoisotopic (exact) mass is 240 g/mol. The number of hydrogen-bond donors (Lipinski definition) is 2. The molecule has 2 rings (SSSR count). The molecule has 0 aromatic carbocycles. The number of hydrogen-bond acceptors (Lipinski definition) is 5. The van der Waals surface area contributed by atoms with E-state index in [0.29, 0.717) is 12.3 Å². The quantitative estimate of drug-likeness (QED) is 0.800. The molecule has 1 aromatic heterocycles. The van der Waals surface area contributed by atoms with Crippen LogP contribution in [0.3, 0.4) is 0 Å². The average Bonchev–Trinajstić information content (AvgIpc) is 2.87. The van der Waals surface area contributed by atoms with Crippen molar-refractivity contribution < 1.29 is 19.5 Å². The van der Waals surface area contributed by atoms with Crippen molar-refractivity contribution in [3.63, 3.8) is 0 Å². The Balaban J connectivity index is 1.91. The van der Waals surface area contributed by atoms with Gasteiger partial charge in [-0.05, 0) is 25.8 Å². The molecule has 2 heterocycles. The van der Waals surface area contributed by atoms with E-state index < -0.39 is 5.97 Å². The molecule has 6 nitrogen and oxygen atoms in total. The first-order valence-corrected chi connectivity index (χ1v) is 5.65. The van der Waals surface area contributed by atoms with E-state index in [1.54, 1.807) is 6.92 Å². The third-order valence-electron chi connectivity index (χ3n) is 3.15. The summed E-state index contributed by atoms with van der Waals surface area (Å²) in [4.78, 5) is 12.8. The van der Waals surface area contributed by atoms with Crippen LogP contribution in [0.5, 0.6) is 0 Å².